The van der Waals surface area contributed by atoms with Gasteiger partial charge in [0.05, 0.1) is 0 Å². The molecule has 0 radical (unpaired) electrons. The molecule has 0 saturated heterocycles. The van der Waals surface area contributed by atoms with Crippen LogP contribution in [0, 0.1) is 11.8 Å². The fourth-order valence-corrected chi connectivity index (χ4v) is 3.21. The SMILES string of the molecule is CCCCCCCC1CCCCC1CNC. The summed E-state index contributed by atoms with van der Waals surface area (Å²) in [6, 6.07) is 0. The summed E-state index contributed by atoms with van der Waals surface area (Å²) in [6.45, 7) is 3.55. The van der Waals surface area contributed by atoms with Gasteiger partial charge in [-0.15, -0.1) is 0 Å². The highest BCUT2D eigenvalue weighted by Gasteiger charge is 2.23. The molecule has 0 aromatic heterocycles. The van der Waals surface area contributed by atoms with Gasteiger partial charge in [-0.1, -0.05) is 64.7 Å². The van der Waals surface area contributed by atoms with Gasteiger partial charge in [0.25, 0.3) is 0 Å². The first-order valence-corrected chi connectivity index (χ1v) is 7.53. The minimum absolute atomic E-state index is 0.977. The third kappa shape index (κ3) is 5.34. The molecular formula is C15H31N. The van der Waals surface area contributed by atoms with E-state index in [2.05, 4.69) is 19.3 Å². The highest BCUT2D eigenvalue weighted by atomic mass is 14.8. The average Bonchev–Trinajstić information content (AvgIpc) is 2.31. The van der Waals surface area contributed by atoms with Crippen LogP contribution in [0.5, 0.6) is 0 Å². The number of rotatable bonds is 8. The number of unbranched alkanes of at least 4 members (excludes halogenated alkanes) is 4. The van der Waals surface area contributed by atoms with Gasteiger partial charge in [0.15, 0.2) is 0 Å². The monoisotopic (exact) mass is 225 g/mol. The van der Waals surface area contributed by atoms with Gasteiger partial charge in [0.2, 0.25) is 0 Å². The Balaban J connectivity index is 2.11. The summed E-state index contributed by atoms with van der Waals surface area (Å²) in [5.74, 6) is 2.01. The standard InChI is InChI=1S/C15H31N/c1-3-4-5-6-7-10-14-11-8-9-12-15(14)13-16-2/h14-16H,3-13H2,1-2H3. The van der Waals surface area contributed by atoms with E-state index in [4.69, 9.17) is 0 Å². The lowest BCUT2D eigenvalue weighted by Gasteiger charge is -2.31. The maximum absolute atomic E-state index is 3.38. The van der Waals surface area contributed by atoms with Crippen LogP contribution in [-0.2, 0) is 0 Å². The Labute approximate surface area is 102 Å². The Hall–Kier alpha value is -0.0400. The first-order chi connectivity index (χ1) is 7.88. The molecule has 1 aliphatic rings. The molecule has 16 heavy (non-hydrogen) atoms. The molecule has 96 valence electrons. The highest BCUT2D eigenvalue weighted by molar-refractivity contribution is 4.76. The molecule has 0 aliphatic heterocycles. The van der Waals surface area contributed by atoms with Crippen LogP contribution in [0.25, 0.3) is 0 Å². The molecule has 2 unspecified atom stereocenters. The van der Waals surface area contributed by atoms with Crippen molar-refractivity contribution in [1.82, 2.24) is 5.32 Å². The van der Waals surface area contributed by atoms with Crippen LogP contribution in [-0.4, -0.2) is 13.6 Å². The van der Waals surface area contributed by atoms with Crippen LogP contribution in [0.4, 0.5) is 0 Å². The van der Waals surface area contributed by atoms with Crippen molar-refractivity contribution < 1.29 is 0 Å². The maximum Gasteiger partial charge on any atom is -0.00209 e. The second-order valence-corrected chi connectivity index (χ2v) is 5.57. The minimum atomic E-state index is 0.977. The van der Waals surface area contributed by atoms with E-state index in [0.717, 1.165) is 11.8 Å². The van der Waals surface area contributed by atoms with Gasteiger partial charge in [-0.3, -0.25) is 0 Å². The molecule has 2 atom stereocenters. The molecule has 1 aliphatic carbocycles. The van der Waals surface area contributed by atoms with Gasteiger partial charge in [-0.05, 0) is 31.8 Å². The second kappa shape index (κ2) is 9.04. The van der Waals surface area contributed by atoms with Crippen LogP contribution in [0.1, 0.15) is 71.1 Å². The molecule has 0 amide bonds. The summed E-state index contributed by atoms with van der Waals surface area (Å²) >= 11 is 0. The Kier molecular flexibility index (Phi) is 7.92. The second-order valence-electron chi connectivity index (χ2n) is 5.57. The molecule has 0 aromatic rings. The van der Waals surface area contributed by atoms with Gasteiger partial charge in [-0.2, -0.15) is 0 Å². The van der Waals surface area contributed by atoms with Crippen molar-refractivity contribution in [2.45, 2.75) is 71.1 Å². The van der Waals surface area contributed by atoms with E-state index in [-0.39, 0.29) is 0 Å². The Morgan fingerprint density at radius 1 is 0.938 bits per heavy atom. The Bertz CT molecular complexity index is 154. The average molecular weight is 225 g/mol. The molecule has 0 heterocycles. The summed E-state index contributed by atoms with van der Waals surface area (Å²) < 4.78 is 0. The summed E-state index contributed by atoms with van der Waals surface area (Å²) in [6.07, 6.45) is 14.6. The van der Waals surface area contributed by atoms with Crippen molar-refractivity contribution in [2.75, 3.05) is 13.6 Å². The van der Waals surface area contributed by atoms with Crippen molar-refractivity contribution in [3.8, 4) is 0 Å². The van der Waals surface area contributed by atoms with Crippen molar-refractivity contribution in [3.63, 3.8) is 0 Å². The molecule has 0 spiro atoms. The van der Waals surface area contributed by atoms with Gasteiger partial charge in [0.1, 0.15) is 0 Å². The van der Waals surface area contributed by atoms with Crippen molar-refractivity contribution in [1.29, 1.82) is 0 Å². The molecule has 1 N–H and O–H groups in total. The van der Waals surface area contributed by atoms with Crippen molar-refractivity contribution >= 4 is 0 Å². The third-order valence-electron chi connectivity index (χ3n) is 4.21. The maximum atomic E-state index is 3.38. The molecule has 1 fully saturated rings. The Morgan fingerprint density at radius 2 is 1.62 bits per heavy atom. The van der Waals surface area contributed by atoms with E-state index in [9.17, 15) is 0 Å². The smallest absolute Gasteiger partial charge is 0.00209 e. The lowest BCUT2D eigenvalue weighted by molar-refractivity contribution is 0.216. The molecule has 1 nitrogen and oxygen atoms in total. The summed E-state index contributed by atoms with van der Waals surface area (Å²) in [4.78, 5) is 0. The summed E-state index contributed by atoms with van der Waals surface area (Å²) in [5.41, 5.74) is 0. The van der Waals surface area contributed by atoms with Gasteiger partial charge in [-0.25, -0.2) is 0 Å². The zero-order valence-electron chi connectivity index (χ0n) is 11.4. The molecular weight excluding hydrogens is 194 g/mol. The zero-order valence-corrected chi connectivity index (χ0v) is 11.4. The van der Waals surface area contributed by atoms with Gasteiger partial charge >= 0.3 is 0 Å². The molecule has 1 heteroatoms. The van der Waals surface area contributed by atoms with Gasteiger partial charge in [0, 0.05) is 0 Å². The van der Waals surface area contributed by atoms with Crippen molar-refractivity contribution in [3.05, 3.63) is 0 Å². The molecule has 0 aromatic carbocycles. The van der Waals surface area contributed by atoms with E-state index < -0.39 is 0 Å². The van der Waals surface area contributed by atoms with Crippen LogP contribution < -0.4 is 5.32 Å². The molecule has 1 saturated carbocycles. The fraction of sp³-hybridized carbons (Fsp3) is 1.00. The molecule has 0 bridgehead atoms. The quantitative estimate of drug-likeness (QED) is 0.605. The van der Waals surface area contributed by atoms with Crippen LogP contribution in [0.3, 0.4) is 0 Å². The lowest BCUT2D eigenvalue weighted by atomic mass is 9.76. The number of hydrogen-bond donors (Lipinski definition) is 1. The van der Waals surface area contributed by atoms with Crippen LogP contribution >= 0.6 is 0 Å². The predicted octanol–water partition coefficient (Wildman–Crippen LogP) is 4.37. The summed E-state index contributed by atoms with van der Waals surface area (Å²) in [5, 5.41) is 3.38. The molecule has 1 rings (SSSR count). The van der Waals surface area contributed by atoms with Crippen LogP contribution in [0.15, 0.2) is 0 Å². The van der Waals surface area contributed by atoms with E-state index in [1.54, 1.807) is 0 Å². The predicted molar refractivity (Wildman–Crippen MR) is 72.8 cm³/mol. The lowest BCUT2D eigenvalue weighted by Crippen LogP contribution is -2.28. The van der Waals surface area contributed by atoms with Crippen LogP contribution in [0.2, 0.25) is 0 Å². The topological polar surface area (TPSA) is 12.0 Å². The Morgan fingerprint density at radius 3 is 2.31 bits per heavy atom. The first-order valence-electron chi connectivity index (χ1n) is 7.53. The largest absolute Gasteiger partial charge is 0.319 e. The number of hydrogen-bond acceptors (Lipinski definition) is 1. The first kappa shape index (κ1) is 14.0. The van der Waals surface area contributed by atoms with Crippen molar-refractivity contribution in [2.24, 2.45) is 11.8 Å². The van der Waals surface area contributed by atoms with E-state index in [1.807, 2.05) is 0 Å². The van der Waals surface area contributed by atoms with Gasteiger partial charge < -0.3 is 5.32 Å². The minimum Gasteiger partial charge on any atom is -0.319 e. The normalized spacial score (nSPS) is 25.9. The highest BCUT2D eigenvalue weighted by Crippen LogP contribution is 2.33. The van der Waals surface area contributed by atoms with E-state index >= 15 is 0 Å². The number of nitrogens with one attached hydrogen (secondary N) is 1. The van der Waals surface area contributed by atoms with E-state index in [0.29, 0.717) is 0 Å². The van der Waals surface area contributed by atoms with E-state index in [1.165, 1.54) is 70.8 Å². The fourth-order valence-electron chi connectivity index (χ4n) is 3.21. The zero-order chi connectivity index (χ0) is 11.6. The summed E-state index contributed by atoms with van der Waals surface area (Å²) in [7, 11) is 2.10. The third-order valence-corrected chi connectivity index (χ3v) is 4.21.